The van der Waals surface area contributed by atoms with Crippen LogP contribution in [0.3, 0.4) is 0 Å². The van der Waals surface area contributed by atoms with Gasteiger partial charge in [0, 0.05) is 18.0 Å². The molecule has 17 heavy (non-hydrogen) atoms. The quantitative estimate of drug-likeness (QED) is 0.815. The Kier molecular flexibility index (Phi) is 3.31. The summed E-state index contributed by atoms with van der Waals surface area (Å²) in [6.45, 7) is 2.04. The summed E-state index contributed by atoms with van der Waals surface area (Å²) in [5, 5.41) is 16.8. The molecule has 0 amide bonds. The minimum Gasteiger partial charge on any atom is -0.264 e. The van der Waals surface area contributed by atoms with Gasteiger partial charge in [-0.05, 0) is 24.1 Å². The van der Waals surface area contributed by atoms with Crippen LogP contribution in [0, 0.1) is 11.3 Å². The number of pyridine rings is 1. The number of aromatic nitrogens is 3. The van der Waals surface area contributed by atoms with Crippen molar-refractivity contribution in [1.82, 2.24) is 15.2 Å². The maximum atomic E-state index is 8.90. The third-order valence-corrected chi connectivity index (χ3v) is 2.71. The Labute approximate surface area is 104 Å². The summed E-state index contributed by atoms with van der Waals surface area (Å²) in [7, 11) is 0. The van der Waals surface area contributed by atoms with Gasteiger partial charge in [-0.3, -0.25) is 4.98 Å². The SMILES string of the molecule is CCc1cnccc1-c1cc(C#N)c(Cl)nn1. The summed E-state index contributed by atoms with van der Waals surface area (Å²) in [5.41, 5.74) is 2.97. The van der Waals surface area contributed by atoms with Crippen molar-refractivity contribution in [3.8, 4) is 17.3 Å². The largest absolute Gasteiger partial charge is 0.264 e. The second kappa shape index (κ2) is 4.89. The van der Waals surface area contributed by atoms with Crippen LogP contribution in [0.25, 0.3) is 11.3 Å². The minimum atomic E-state index is 0.128. The smallest absolute Gasteiger partial charge is 0.169 e. The predicted molar refractivity (Wildman–Crippen MR) is 64.4 cm³/mol. The van der Waals surface area contributed by atoms with E-state index in [1.165, 1.54) is 0 Å². The fourth-order valence-electron chi connectivity index (χ4n) is 1.55. The van der Waals surface area contributed by atoms with Gasteiger partial charge in [0.15, 0.2) is 5.15 Å². The Morgan fingerprint density at radius 3 is 2.94 bits per heavy atom. The molecule has 0 fully saturated rings. The van der Waals surface area contributed by atoms with E-state index < -0.39 is 0 Å². The summed E-state index contributed by atoms with van der Waals surface area (Å²) in [4.78, 5) is 4.06. The molecule has 2 heterocycles. The Morgan fingerprint density at radius 1 is 1.41 bits per heavy atom. The third-order valence-electron chi connectivity index (χ3n) is 2.43. The first-order valence-electron chi connectivity index (χ1n) is 5.12. The Hall–Kier alpha value is -1.99. The highest BCUT2D eigenvalue weighted by Crippen LogP contribution is 2.23. The van der Waals surface area contributed by atoms with Gasteiger partial charge in [0.2, 0.25) is 0 Å². The number of halogens is 1. The van der Waals surface area contributed by atoms with E-state index >= 15 is 0 Å². The molecular weight excluding hydrogens is 236 g/mol. The second-order valence-electron chi connectivity index (χ2n) is 3.43. The van der Waals surface area contributed by atoms with Gasteiger partial charge in [0.1, 0.15) is 6.07 Å². The molecule has 0 radical (unpaired) electrons. The van der Waals surface area contributed by atoms with Crippen LogP contribution >= 0.6 is 11.6 Å². The van der Waals surface area contributed by atoms with Crippen LogP contribution < -0.4 is 0 Å². The van der Waals surface area contributed by atoms with Crippen LogP contribution in [0.15, 0.2) is 24.5 Å². The lowest BCUT2D eigenvalue weighted by atomic mass is 10.0. The van der Waals surface area contributed by atoms with Crippen molar-refractivity contribution in [1.29, 1.82) is 5.26 Å². The third kappa shape index (κ3) is 2.24. The Bertz CT molecular complexity index is 589. The molecule has 0 aromatic carbocycles. The molecule has 0 aliphatic rings. The van der Waals surface area contributed by atoms with E-state index in [4.69, 9.17) is 16.9 Å². The van der Waals surface area contributed by atoms with E-state index in [0.717, 1.165) is 17.5 Å². The first-order chi connectivity index (χ1) is 8.26. The van der Waals surface area contributed by atoms with E-state index in [-0.39, 0.29) is 5.15 Å². The highest BCUT2D eigenvalue weighted by atomic mass is 35.5. The van der Waals surface area contributed by atoms with Gasteiger partial charge in [0.25, 0.3) is 0 Å². The summed E-state index contributed by atoms with van der Waals surface area (Å²) >= 11 is 5.75. The highest BCUT2D eigenvalue weighted by molar-refractivity contribution is 6.30. The van der Waals surface area contributed by atoms with Crippen molar-refractivity contribution in [3.63, 3.8) is 0 Å². The van der Waals surface area contributed by atoms with Crippen LogP contribution in [0.2, 0.25) is 5.15 Å². The van der Waals surface area contributed by atoms with Crippen LogP contribution in [0.1, 0.15) is 18.1 Å². The van der Waals surface area contributed by atoms with E-state index in [2.05, 4.69) is 15.2 Å². The maximum absolute atomic E-state index is 8.90. The molecule has 84 valence electrons. The summed E-state index contributed by atoms with van der Waals surface area (Å²) in [6, 6.07) is 5.49. The normalized spacial score (nSPS) is 9.94. The number of rotatable bonds is 2. The second-order valence-corrected chi connectivity index (χ2v) is 3.79. The molecule has 0 atom stereocenters. The number of nitriles is 1. The summed E-state index contributed by atoms with van der Waals surface area (Å²) in [6.07, 6.45) is 4.32. The van der Waals surface area contributed by atoms with Crippen LogP contribution in [0.4, 0.5) is 0 Å². The molecule has 0 saturated heterocycles. The fraction of sp³-hybridized carbons (Fsp3) is 0.167. The number of hydrogen-bond acceptors (Lipinski definition) is 4. The molecule has 2 aromatic rings. The van der Waals surface area contributed by atoms with Crippen LogP contribution in [-0.4, -0.2) is 15.2 Å². The highest BCUT2D eigenvalue weighted by Gasteiger charge is 2.09. The van der Waals surface area contributed by atoms with E-state index in [0.29, 0.717) is 11.3 Å². The summed E-state index contributed by atoms with van der Waals surface area (Å²) in [5.74, 6) is 0. The van der Waals surface area contributed by atoms with Gasteiger partial charge in [-0.1, -0.05) is 18.5 Å². The molecule has 0 bridgehead atoms. The average Bonchev–Trinajstić information content (AvgIpc) is 2.39. The lowest BCUT2D eigenvalue weighted by molar-refractivity contribution is 1.02. The van der Waals surface area contributed by atoms with Gasteiger partial charge in [-0.25, -0.2) is 0 Å². The van der Waals surface area contributed by atoms with Gasteiger partial charge < -0.3 is 0 Å². The first kappa shape index (κ1) is 11.5. The van der Waals surface area contributed by atoms with E-state index in [1.807, 2.05) is 19.1 Å². The molecule has 2 rings (SSSR count). The number of nitrogens with zero attached hydrogens (tertiary/aromatic N) is 4. The minimum absolute atomic E-state index is 0.128. The van der Waals surface area contributed by atoms with E-state index in [1.54, 1.807) is 18.5 Å². The molecule has 0 aliphatic heterocycles. The van der Waals surface area contributed by atoms with Crippen molar-refractivity contribution in [2.45, 2.75) is 13.3 Å². The zero-order valence-corrected chi connectivity index (χ0v) is 9.94. The zero-order valence-electron chi connectivity index (χ0n) is 9.18. The van der Waals surface area contributed by atoms with Crippen molar-refractivity contribution in [2.75, 3.05) is 0 Å². The maximum Gasteiger partial charge on any atom is 0.169 e. The summed E-state index contributed by atoms with van der Waals surface area (Å²) < 4.78 is 0. The monoisotopic (exact) mass is 244 g/mol. The molecule has 4 nitrogen and oxygen atoms in total. The lowest BCUT2D eigenvalue weighted by Gasteiger charge is -2.05. The van der Waals surface area contributed by atoms with Crippen LogP contribution in [-0.2, 0) is 6.42 Å². The predicted octanol–water partition coefficient (Wildman–Crippen LogP) is 2.63. The van der Waals surface area contributed by atoms with Crippen molar-refractivity contribution >= 4 is 11.6 Å². The molecule has 0 aliphatic carbocycles. The van der Waals surface area contributed by atoms with Gasteiger partial charge in [-0.2, -0.15) is 5.26 Å². The Balaban J connectivity index is 2.58. The number of hydrogen-bond donors (Lipinski definition) is 0. The standard InChI is InChI=1S/C12H9ClN4/c1-2-8-7-15-4-3-10(8)11-5-9(6-14)12(13)17-16-11/h3-5,7H,2H2,1H3. The van der Waals surface area contributed by atoms with Gasteiger partial charge in [0.05, 0.1) is 11.3 Å². The van der Waals surface area contributed by atoms with E-state index in [9.17, 15) is 0 Å². The average molecular weight is 245 g/mol. The fourth-order valence-corrected chi connectivity index (χ4v) is 1.68. The van der Waals surface area contributed by atoms with Crippen molar-refractivity contribution < 1.29 is 0 Å². The van der Waals surface area contributed by atoms with Gasteiger partial charge >= 0.3 is 0 Å². The zero-order chi connectivity index (χ0) is 12.3. The van der Waals surface area contributed by atoms with Crippen LogP contribution in [0.5, 0.6) is 0 Å². The molecular formula is C12H9ClN4. The molecule has 0 saturated carbocycles. The molecule has 0 N–H and O–H groups in total. The molecule has 2 aromatic heterocycles. The van der Waals surface area contributed by atoms with Gasteiger partial charge in [-0.15, -0.1) is 10.2 Å². The Morgan fingerprint density at radius 2 is 2.24 bits per heavy atom. The molecule has 0 spiro atoms. The topological polar surface area (TPSA) is 62.5 Å². The number of aryl methyl sites for hydroxylation is 1. The lowest BCUT2D eigenvalue weighted by Crippen LogP contribution is -1.95. The molecule has 0 unspecified atom stereocenters. The first-order valence-corrected chi connectivity index (χ1v) is 5.50. The molecule has 5 heteroatoms. The van der Waals surface area contributed by atoms with Crippen molar-refractivity contribution in [2.24, 2.45) is 0 Å². The van der Waals surface area contributed by atoms with Crippen molar-refractivity contribution in [3.05, 3.63) is 40.8 Å².